The quantitative estimate of drug-likeness (QED) is 0.216. The molecule has 0 atom stereocenters. The van der Waals surface area contributed by atoms with Crippen molar-refractivity contribution < 1.29 is 14.4 Å². The molecule has 0 aliphatic carbocycles. The zero-order chi connectivity index (χ0) is 27.3. The second-order valence-electron chi connectivity index (χ2n) is 9.32. The highest BCUT2D eigenvalue weighted by atomic mass is 32.2. The van der Waals surface area contributed by atoms with E-state index in [0.29, 0.717) is 18.7 Å². The average molecular weight is 525 g/mol. The van der Waals surface area contributed by atoms with Crippen LogP contribution >= 0.6 is 11.9 Å². The predicted molar refractivity (Wildman–Crippen MR) is 148 cm³/mol. The number of aryl methyl sites for hydroxylation is 1. The molecule has 10 heteroatoms. The topological polar surface area (TPSA) is 128 Å². The summed E-state index contributed by atoms with van der Waals surface area (Å²) in [6.07, 6.45) is 1.67. The highest BCUT2D eigenvalue weighted by Gasteiger charge is 2.09. The summed E-state index contributed by atoms with van der Waals surface area (Å²) >= 11 is 1.41. The maximum absolute atomic E-state index is 12.3. The van der Waals surface area contributed by atoms with E-state index in [1.54, 1.807) is 18.3 Å². The lowest BCUT2D eigenvalue weighted by atomic mass is 10.1. The van der Waals surface area contributed by atoms with Crippen molar-refractivity contribution in [1.29, 1.82) is 0 Å². The number of aromatic nitrogens is 2. The van der Waals surface area contributed by atoms with E-state index in [4.69, 9.17) is 0 Å². The standard InChI is InChI=1S/C21H23N5O2S.C6H13NO/c1-15-5-7-18(8-6-15)29-25-14-20(27)22-11-12-23-21(28)17-4-2-3-16(13-17)19-9-10-24-26-19;1-5(8)7-6(2,3)4/h2-10,13,25H,11-12,14H2,1H3,(H,22,27)(H,23,28)(H,24,26);1-4H3,(H,7,8). The lowest BCUT2D eigenvalue weighted by Gasteiger charge is -2.18. The summed E-state index contributed by atoms with van der Waals surface area (Å²) in [5.74, 6) is -0.286. The van der Waals surface area contributed by atoms with E-state index in [9.17, 15) is 14.4 Å². The second-order valence-corrected chi connectivity index (χ2v) is 10.3. The molecule has 3 rings (SSSR count). The zero-order valence-corrected chi connectivity index (χ0v) is 22.8. The van der Waals surface area contributed by atoms with E-state index < -0.39 is 0 Å². The van der Waals surface area contributed by atoms with Crippen LogP contribution in [0.5, 0.6) is 0 Å². The first-order chi connectivity index (χ1) is 17.5. The van der Waals surface area contributed by atoms with Crippen LogP contribution in [0, 0.1) is 6.92 Å². The summed E-state index contributed by atoms with van der Waals surface area (Å²) in [7, 11) is 0. The molecule has 37 heavy (non-hydrogen) atoms. The number of H-pyrrole nitrogens is 1. The summed E-state index contributed by atoms with van der Waals surface area (Å²) in [5.41, 5.74) is 3.41. The number of carbonyl (C=O) groups excluding carboxylic acids is 3. The van der Waals surface area contributed by atoms with Crippen LogP contribution in [-0.4, -0.2) is 53.1 Å². The van der Waals surface area contributed by atoms with Gasteiger partial charge in [-0.25, -0.2) is 0 Å². The monoisotopic (exact) mass is 524 g/mol. The molecule has 198 valence electrons. The molecule has 1 heterocycles. The maximum atomic E-state index is 12.3. The Balaban J connectivity index is 0.000000521. The molecular formula is C27H36N6O3S. The maximum Gasteiger partial charge on any atom is 0.251 e. The Labute approximate surface area is 222 Å². The Hall–Kier alpha value is -3.63. The van der Waals surface area contributed by atoms with Gasteiger partial charge in [-0.1, -0.05) is 29.8 Å². The molecule has 0 radical (unpaired) electrons. The number of hydrogen-bond donors (Lipinski definition) is 5. The van der Waals surface area contributed by atoms with Gasteiger partial charge in [-0.05, 0) is 70.0 Å². The van der Waals surface area contributed by atoms with Crippen LogP contribution in [0.1, 0.15) is 43.6 Å². The Kier molecular flexibility index (Phi) is 11.9. The number of aromatic amines is 1. The van der Waals surface area contributed by atoms with E-state index in [1.807, 2.05) is 70.2 Å². The van der Waals surface area contributed by atoms with Crippen molar-refractivity contribution in [2.75, 3.05) is 19.6 Å². The molecule has 0 spiro atoms. The number of hydrogen-bond acceptors (Lipinski definition) is 6. The highest BCUT2D eigenvalue weighted by molar-refractivity contribution is 7.97. The Morgan fingerprint density at radius 3 is 2.27 bits per heavy atom. The summed E-state index contributed by atoms with van der Waals surface area (Å²) < 4.78 is 3.03. The minimum Gasteiger partial charge on any atom is -0.353 e. The van der Waals surface area contributed by atoms with Crippen LogP contribution in [-0.2, 0) is 9.59 Å². The number of carbonyl (C=O) groups is 3. The summed E-state index contributed by atoms with van der Waals surface area (Å²) in [6.45, 7) is 10.3. The Morgan fingerprint density at radius 2 is 1.68 bits per heavy atom. The van der Waals surface area contributed by atoms with Gasteiger partial charge in [0.1, 0.15) is 0 Å². The fourth-order valence-electron chi connectivity index (χ4n) is 3.11. The van der Waals surface area contributed by atoms with Gasteiger partial charge in [-0.3, -0.25) is 24.2 Å². The van der Waals surface area contributed by atoms with Crippen LogP contribution < -0.4 is 20.7 Å². The highest BCUT2D eigenvalue weighted by Crippen LogP contribution is 2.17. The molecule has 2 aromatic carbocycles. The van der Waals surface area contributed by atoms with Crippen LogP contribution in [0.25, 0.3) is 11.3 Å². The van der Waals surface area contributed by atoms with E-state index in [2.05, 4.69) is 30.9 Å². The molecule has 0 bridgehead atoms. The van der Waals surface area contributed by atoms with Crippen molar-refractivity contribution in [2.24, 2.45) is 0 Å². The normalized spacial score (nSPS) is 10.6. The van der Waals surface area contributed by atoms with Gasteiger partial charge in [0.2, 0.25) is 11.8 Å². The molecule has 0 aliphatic rings. The molecule has 0 saturated carbocycles. The van der Waals surface area contributed by atoms with E-state index >= 15 is 0 Å². The third-order valence-corrected chi connectivity index (χ3v) is 5.46. The number of nitrogens with one attached hydrogen (secondary N) is 5. The zero-order valence-electron chi connectivity index (χ0n) is 22.0. The first kappa shape index (κ1) is 29.6. The third-order valence-electron chi connectivity index (χ3n) is 4.66. The van der Waals surface area contributed by atoms with Gasteiger partial charge in [-0.2, -0.15) is 5.10 Å². The molecule has 0 saturated heterocycles. The van der Waals surface area contributed by atoms with Crippen molar-refractivity contribution in [1.82, 2.24) is 30.9 Å². The molecule has 5 N–H and O–H groups in total. The summed E-state index contributed by atoms with van der Waals surface area (Å²) in [5, 5.41) is 15.1. The van der Waals surface area contributed by atoms with Crippen molar-refractivity contribution in [2.45, 2.75) is 45.1 Å². The number of nitrogens with zero attached hydrogens (tertiary/aromatic N) is 1. The molecule has 1 aromatic heterocycles. The SMILES string of the molecule is CC(=O)NC(C)(C)C.Cc1ccc(SNCC(=O)NCCNC(=O)c2cccc(-c3ccn[nH]3)c2)cc1. The van der Waals surface area contributed by atoms with E-state index in [0.717, 1.165) is 16.2 Å². The first-order valence-electron chi connectivity index (χ1n) is 11.9. The van der Waals surface area contributed by atoms with Crippen molar-refractivity contribution >= 4 is 29.7 Å². The molecule has 9 nitrogen and oxygen atoms in total. The predicted octanol–water partition coefficient (Wildman–Crippen LogP) is 3.45. The smallest absolute Gasteiger partial charge is 0.251 e. The number of amides is 3. The Morgan fingerprint density at radius 1 is 0.973 bits per heavy atom. The minimum absolute atomic E-state index is 0.0255. The summed E-state index contributed by atoms with van der Waals surface area (Å²) in [4.78, 5) is 35.6. The van der Waals surface area contributed by atoms with Crippen molar-refractivity contribution in [3.8, 4) is 11.3 Å². The van der Waals surface area contributed by atoms with E-state index in [-0.39, 0.29) is 29.8 Å². The first-order valence-corrected chi connectivity index (χ1v) is 12.7. The van der Waals surface area contributed by atoms with Gasteiger partial charge < -0.3 is 16.0 Å². The van der Waals surface area contributed by atoms with Crippen molar-refractivity contribution in [3.05, 3.63) is 71.9 Å². The number of rotatable bonds is 9. The summed E-state index contributed by atoms with van der Waals surface area (Å²) in [6, 6.07) is 17.2. The van der Waals surface area contributed by atoms with E-state index in [1.165, 1.54) is 24.4 Å². The van der Waals surface area contributed by atoms with Gasteiger partial charge in [0.15, 0.2) is 0 Å². The molecule has 3 amide bonds. The Bertz CT molecular complexity index is 1140. The fourth-order valence-corrected chi connectivity index (χ4v) is 3.75. The van der Waals surface area contributed by atoms with Gasteiger partial charge in [0.25, 0.3) is 5.91 Å². The van der Waals surface area contributed by atoms with Crippen LogP contribution in [0.3, 0.4) is 0 Å². The van der Waals surface area contributed by atoms with Crippen LogP contribution in [0.4, 0.5) is 0 Å². The fraction of sp³-hybridized carbons (Fsp3) is 0.333. The van der Waals surface area contributed by atoms with Gasteiger partial charge in [-0.15, -0.1) is 0 Å². The molecular weight excluding hydrogens is 488 g/mol. The van der Waals surface area contributed by atoms with Gasteiger partial charge >= 0.3 is 0 Å². The van der Waals surface area contributed by atoms with Crippen molar-refractivity contribution in [3.63, 3.8) is 0 Å². The van der Waals surface area contributed by atoms with Crippen LogP contribution in [0.2, 0.25) is 0 Å². The molecule has 0 unspecified atom stereocenters. The van der Waals surface area contributed by atoms with Gasteiger partial charge in [0.05, 0.1) is 12.2 Å². The molecule has 3 aromatic rings. The largest absolute Gasteiger partial charge is 0.353 e. The lowest BCUT2D eigenvalue weighted by molar-refractivity contribution is -0.121. The number of benzene rings is 2. The third kappa shape index (κ3) is 12.2. The second kappa shape index (κ2) is 14.8. The lowest BCUT2D eigenvalue weighted by Crippen LogP contribution is -2.38. The molecule has 0 fully saturated rings. The van der Waals surface area contributed by atoms with Gasteiger partial charge in [0, 0.05) is 47.8 Å². The average Bonchev–Trinajstić information content (AvgIpc) is 3.37. The van der Waals surface area contributed by atoms with Crippen LogP contribution in [0.15, 0.2) is 65.7 Å². The molecule has 0 aliphatic heterocycles. The minimum atomic E-state index is -0.186.